The average molecular weight is 584 g/mol. The molecule has 1 N–H and O–H groups in total. The second kappa shape index (κ2) is 27.5. The SMILES string of the molecule is CCCCCCCCCCCCCCCC(=O)C(O)C(P=C([O-])CCCCCCCCCCCCC)[N+](C)(C)C. The standard InChI is InChI=1S/C35H70NO3P/c1-6-8-10-12-14-16-18-19-21-22-24-26-28-30-32(37)34(39)35(36(3,4)5)40-33(38)31-29-27-25-23-20-17-15-13-11-9-7-2/h34-35,39H,6-31H2,1-5H3. The van der Waals surface area contributed by atoms with Gasteiger partial charge in [-0.3, -0.25) is 4.79 Å². The molecule has 40 heavy (non-hydrogen) atoms. The molecule has 2 atom stereocenters. The van der Waals surface area contributed by atoms with Gasteiger partial charge in [-0.15, -0.1) is 5.48 Å². The van der Waals surface area contributed by atoms with Crippen LogP contribution in [0.2, 0.25) is 0 Å². The van der Waals surface area contributed by atoms with Crippen molar-refractivity contribution in [2.45, 2.75) is 193 Å². The van der Waals surface area contributed by atoms with E-state index in [1.165, 1.54) is 128 Å². The number of unbranched alkanes of at least 4 members (excludes halogenated alkanes) is 22. The summed E-state index contributed by atoms with van der Waals surface area (Å²) in [4.78, 5) is 12.8. The fourth-order valence-electron chi connectivity index (χ4n) is 5.45. The van der Waals surface area contributed by atoms with Crippen LogP contribution in [0.25, 0.3) is 0 Å². The maximum Gasteiger partial charge on any atom is 0.172 e. The van der Waals surface area contributed by atoms with Crippen LogP contribution < -0.4 is 5.11 Å². The smallest absolute Gasteiger partial charge is 0.172 e. The van der Waals surface area contributed by atoms with Crippen LogP contribution >= 0.6 is 8.20 Å². The second-order valence-corrected chi connectivity index (χ2v) is 14.5. The Labute approximate surface area is 252 Å². The molecule has 0 spiro atoms. The van der Waals surface area contributed by atoms with Crippen LogP contribution in [0.4, 0.5) is 0 Å². The van der Waals surface area contributed by atoms with E-state index in [0.717, 1.165) is 25.7 Å². The largest absolute Gasteiger partial charge is 0.827 e. The molecule has 0 saturated heterocycles. The van der Waals surface area contributed by atoms with E-state index in [0.29, 0.717) is 25.5 Å². The molecule has 0 rings (SSSR count). The number of carbonyl (C=O) groups excluding carboxylic acids is 1. The predicted octanol–water partition coefficient (Wildman–Crippen LogP) is 9.57. The van der Waals surface area contributed by atoms with Crippen molar-refractivity contribution in [3.05, 3.63) is 0 Å². The molecule has 4 nitrogen and oxygen atoms in total. The molecule has 0 heterocycles. The first-order valence-electron chi connectivity index (χ1n) is 17.5. The first kappa shape index (κ1) is 39.7. The lowest BCUT2D eigenvalue weighted by molar-refractivity contribution is -0.883. The molecule has 0 aromatic heterocycles. The van der Waals surface area contributed by atoms with Crippen molar-refractivity contribution in [1.82, 2.24) is 0 Å². The van der Waals surface area contributed by atoms with E-state index < -0.39 is 6.10 Å². The lowest BCUT2D eigenvalue weighted by atomic mass is 10.0. The van der Waals surface area contributed by atoms with Gasteiger partial charge in [-0.1, -0.05) is 170 Å². The topological polar surface area (TPSA) is 60.4 Å². The number of ketones is 1. The number of Topliss-reactive ketones (excluding diaryl/α,β-unsaturated/α-hetero) is 1. The first-order valence-corrected chi connectivity index (χ1v) is 18.5. The molecule has 0 bridgehead atoms. The zero-order chi connectivity index (χ0) is 29.9. The Bertz CT molecular complexity index is 602. The highest BCUT2D eigenvalue weighted by molar-refractivity contribution is 7.40. The van der Waals surface area contributed by atoms with Gasteiger partial charge in [0.05, 0.1) is 21.1 Å². The summed E-state index contributed by atoms with van der Waals surface area (Å²) in [5, 5.41) is 23.6. The van der Waals surface area contributed by atoms with E-state index in [1.807, 2.05) is 21.1 Å². The molecule has 238 valence electrons. The molecular weight excluding hydrogens is 513 g/mol. The van der Waals surface area contributed by atoms with Crippen LogP contribution in [-0.4, -0.2) is 53.9 Å². The van der Waals surface area contributed by atoms with E-state index in [1.54, 1.807) is 0 Å². The number of nitrogens with zero attached hydrogens (tertiary/aromatic N) is 1. The Morgan fingerprint density at radius 2 is 0.875 bits per heavy atom. The van der Waals surface area contributed by atoms with Gasteiger partial charge < -0.3 is 14.7 Å². The van der Waals surface area contributed by atoms with E-state index >= 15 is 0 Å². The number of rotatable bonds is 30. The van der Waals surface area contributed by atoms with Crippen molar-refractivity contribution in [2.75, 3.05) is 21.1 Å². The van der Waals surface area contributed by atoms with Crippen LogP contribution in [0.3, 0.4) is 0 Å². The minimum Gasteiger partial charge on any atom is -0.827 e. The summed E-state index contributed by atoms with van der Waals surface area (Å²) in [5.41, 5.74) is 0.168. The lowest BCUT2D eigenvalue weighted by Gasteiger charge is -2.35. The normalized spacial score (nSPS) is 14.0. The maximum absolute atomic E-state index is 12.8. The molecular formula is C35H70NO3P. The van der Waals surface area contributed by atoms with Crippen LogP contribution in [-0.2, 0) is 4.79 Å². The third-order valence-corrected chi connectivity index (χ3v) is 9.95. The molecule has 0 aliphatic heterocycles. The number of quaternary nitrogens is 1. The maximum atomic E-state index is 12.8. The van der Waals surface area contributed by atoms with Gasteiger partial charge >= 0.3 is 0 Å². The van der Waals surface area contributed by atoms with Crippen molar-refractivity contribution in [1.29, 1.82) is 0 Å². The summed E-state index contributed by atoms with van der Waals surface area (Å²) in [7, 11) is 6.54. The van der Waals surface area contributed by atoms with E-state index in [9.17, 15) is 15.0 Å². The molecule has 0 fully saturated rings. The van der Waals surface area contributed by atoms with Crippen molar-refractivity contribution in [2.24, 2.45) is 0 Å². The highest BCUT2D eigenvalue weighted by Crippen LogP contribution is 2.25. The van der Waals surface area contributed by atoms with Gasteiger partial charge in [0.25, 0.3) is 0 Å². The molecule has 0 aliphatic rings. The zero-order valence-electron chi connectivity index (χ0n) is 27.7. The van der Waals surface area contributed by atoms with Gasteiger partial charge in [0.1, 0.15) is 0 Å². The van der Waals surface area contributed by atoms with Crippen LogP contribution in [0, 0.1) is 0 Å². The van der Waals surface area contributed by atoms with Crippen molar-refractivity contribution < 1.29 is 19.5 Å². The quantitative estimate of drug-likeness (QED) is 0.0520. The Kier molecular flexibility index (Phi) is 27.4. The van der Waals surface area contributed by atoms with E-state index in [-0.39, 0.29) is 17.0 Å². The van der Waals surface area contributed by atoms with Crippen LogP contribution in [0.15, 0.2) is 0 Å². The van der Waals surface area contributed by atoms with Gasteiger partial charge in [-0.05, 0) is 12.8 Å². The Morgan fingerprint density at radius 1 is 0.575 bits per heavy atom. The van der Waals surface area contributed by atoms with Gasteiger partial charge in [0.2, 0.25) is 0 Å². The molecule has 0 aromatic carbocycles. The fraction of sp³-hybridized carbons (Fsp3) is 0.943. The molecule has 2 unspecified atom stereocenters. The van der Waals surface area contributed by atoms with Crippen molar-refractivity contribution in [3.8, 4) is 0 Å². The third-order valence-electron chi connectivity index (χ3n) is 8.20. The minimum atomic E-state index is -1.06. The summed E-state index contributed by atoms with van der Waals surface area (Å²) >= 11 is 0. The number of likely N-dealkylation sites (N-methyl/N-ethyl adjacent to an activating group) is 1. The van der Waals surface area contributed by atoms with Gasteiger partial charge in [0.15, 0.2) is 17.7 Å². The van der Waals surface area contributed by atoms with E-state index in [4.69, 9.17) is 0 Å². The highest BCUT2D eigenvalue weighted by atomic mass is 31.1. The van der Waals surface area contributed by atoms with Crippen molar-refractivity contribution in [3.63, 3.8) is 0 Å². The number of aliphatic hydroxyl groups excluding tert-OH is 1. The Morgan fingerprint density at radius 3 is 1.20 bits per heavy atom. The Hall–Kier alpha value is -0.280. The molecule has 0 amide bonds. The second-order valence-electron chi connectivity index (χ2n) is 13.2. The summed E-state index contributed by atoms with van der Waals surface area (Å²) < 4.78 is 0.428. The number of hydrogen-bond donors (Lipinski definition) is 1. The van der Waals surface area contributed by atoms with Crippen LogP contribution in [0.5, 0.6) is 0 Å². The van der Waals surface area contributed by atoms with Crippen LogP contribution in [0.1, 0.15) is 181 Å². The summed E-state index contributed by atoms with van der Waals surface area (Å²) in [6.07, 6.45) is 30.5. The number of carbonyl (C=O) groups is 1. The number of aliphatic hydroxyl groups is 1. The first-order chi connectivity index (χ1) is 19.2. The molecule has 0 saturated carbocycles. The summed E-state index contributed by atoms with van der Waals surface area (Å²) in [6, 6.07) is 0. The fourth-order valence-corrected chi connectivity index (χ4v) is 6.69. The van der Waals surface area contributed by atoms with E-state index in [2.05, 4.69) is 13.8 Å². The van der Waals surface area contributed by atoms with Crippen molar-refractivity contribution >= 4 is 19.5 Å². The highest BCUT2D eigenvalue weighted by Gasteiger charge is 2.34. The average Bonchev–Trinajstić information content (AvgIpc) is 2.91. The molecule has 5 heteroatoms. The minimum absolute atomic E-state index is 0.0869. The molecule has 0 aliphatic carbocycles. The third kappa shape index (κ3) is 24.3. The lowest BCUT2D eigenvalue weighted by Crippen LogP contribution is -2.51. The monoisotopic (exact) mass is 584 g/mol. The molecule has 0 radical (unpaired) electrons. The predicted molar refractivity (Wildman–Crippen MR) is 176 cm³/mol. The van der Waals surface area contributed by atoms with Gasteiger partial charge in [-0.25, -0.2) is 0 Å². The Balaban J connectivity index is 4.09. The van der Waals surface area contributed by atoms with Gasteiger partial charge in [-0.2, -0.15) is 0 Å². The number of hydrogen-bond acceptors (Lipinski definition) is 3. The molecule has 0 aromatic rings. The van der Waals surface area contributed by atoms with Gasteiger partial charge in [0, 0.05) is 6.42 Å². The summed E-state index contributed by atoms with van der Waals surface area (Å²) in [6.45, 7) is 4.53. The zero-order valence-corrected chi connectivity index (χ0v) is 28.6. The summed E-state index contributed by atoms with van der Waals surface area (Å²) in [5.74, 6) is -0.467.